The summed E-state index contributed by atoms with van der Waals surface area (Å²) < 4.78 is 15.0. The van der Waals surface area contributed by atoms with Crippen LogP contribution in [0.25, 0.3) is 21.9 Å². The Bertz CT molecular complexity index is 1050. The van der Waals surface area contributed by atoms with Crippen LogP contribution in [0.15, 0.2) is 24.4 Å². The topological polar surface area (TPSA) is 63.2 Å². The lowest BCUT2D eigenvalue weighted by atomic mass is 9.91. The number of ether oxygens (including phenoxy) is 2. The summed E-state index contributed by atoms with van der Waals surface area (Å²) in [4.78, 5) is 4.84. The molecule has 2 aromatic heterocycles. The van der Waals surface area contributed by atoms with Crippen LogP contribution in [0.1, 0.15) is 46.4 Å². The van der Waals surface area contributed by atoms with Gasteiger partial charge < -0.3 is 19.2 Å². The first-order chi connectivity index (χ1) is 13.7. The van der Waals surface area contributed by atoms with Crippen molar-refractivity contribution in [2.45, 2.75) is 59.3 Å². The highest BCUT2D eigenvalue weighted by atomic mass is 35.5. The maximum atomic E-state index is 12.6. The summed E-state index contributed by atoms with van der Waals surface area (Å²) in [6.07, 6.45) is 4.54. The minimum Gasteiger partial charge on any atom is -0.618 e. The number of fused-ring (bicyclic) bond motifs is 3. The van der Waals surface area contributed by atoms with Gasteiger partial charge in [0.1, 0.15) is 5.82 Å². The molecule has 6 nitrogen and oxygen atoms in total. The molecule has 0 bridgehead atoms. The fourth-order valence-electron chi connectivity index (χ4n) is 3.91. The van der Waals surface area contributed by atoms with Crippen molar-refractivity contribution >= 4 is 33.5 Å². The number of nitrogens with zero attached hydrogens (tertiary/aromatic N) is 3. The molecule has 1 aromatic carbocycles. The Morgan fingerprint density at radius 1 is 1.24 bits per heavy atom. The second-order valence-corrected chi connectivity index (χ2v) is 9.29. The number of unbranched alkanes of at least 4 members (excludes halogenated alkanes) is 1. The molecule has 1 fully saturated rings. The Hall–Kier alpha value is -1.89. The average Bonchev–Trinajstić information content (AvgIpc) is 3.00. The molecular weight excluding hydrogens is 390 g/mol. The van der Waals surface area contributed by atoms with Crippen molar-refractivity contribution < 1.29 is 14.2 Å². The van der Waals surface area contributed by atoms with Crippen LogP contribution in [-0.4, -0.2) is 28.6 Å². The van der Waals surface area contributed by atoms with E-state index in [9.17, 15) is 5.21 Å². The van der Waals surface area contributed by atoms with Gasteiger partial charge in [-0.15, -0.1) is 0 Å². The summed E-state index contributed by atoms with van der Waals surface area (Å²) in [6.45, 7) is 10.1. The van der Waals surface area contributed by atoms with E-state index in [4.69, 9.17) is 26.1 Å². The number of aryl methyl sites for hydroxylation is 1. The Morgan fingerprint density at radius 2 is 1.97 bits per heavy atom. The number of halogens is 1. The molecule has 1 saturated heterocycles. The Balaban J connectivity index is 1.86. The van der Waals surface area contributed by atoms with Crippen molar-refractivity contribution in [3.05, 3.63) is 40.5 Å². The predicted octanol–water partition coefficient (Wildman–Crippen LogP) is 4.61. The van der Waals surface area contributed by atoms with Gasteiger partial charge in [-0.1, -0.05) is 31.9 Å². The van der Waals surface area contributed by atoms with E-state index < -0.39 is 5.79 Å². The van der Waals surface area contributed by atoms with Gasteiger partial charge in [0.05, 0.1) is 24.1 Å². The van der Waals surface area contributed by atoms with Gasteiger partial charge in [0.2, 0.25) is 11.7 Å². The Kier molecular flexibility index (Phi) is 5.21. The summed E-state index contributed by atoms with van der Waals surface area (Å²) in [5.41, 5.74) is 2.05. The molecule has 0 aliphatic carbocycles. The average molecular weight is 418 g/mol. The molecule has 1 aliphatic heterocycles. The van der Waals surface area contributed by atoms with Crippen molar-refractivity contribution in [1.29, 1.82) is 0 Å². The molecule has 1 aliphatic rings. The highest BCUT2D eigenvalue weighted by Crippen LogP contribution is 2.34. The number of hydrogen-bond donors (Lipinski definition) is 0. The number of pyridine rings is 1. The minimum absolute atomic E-state index is 0.188. The van der Waals surface area contributed by atoms with Crippen molar-refractivity contribution in [3.63, 3.8) is 0 Å². The number of aromatic nitrogens is 3. The quantitative estimate of drug-likeness (QED) is 0.449. The smallest absolute Gasteiger partial charge is 0.227 e. The molecule has 0 saturated carbocycles. The maximum Gasteiger partial charge on any atom is 0.227 e. The fraction of sp³-hybridized carbons (Fsp3) is 0.545. The zero-order valence-electron chi connectivity index (χ0n) is 17.5. The van der Waals surface area contributed by atoms with Crippen LogP contribution < -0.4 is 4.73 Å². The summed E-state index contributed by atoms with van der Waals surface area (Å²) in [6, 6.07) is 5.45. The van der Waals surface area contributed by atoms with Gasteiger partial charge >= 0.3 is 0 Å². The summed E-state index contributed by atoms with van der Waals surface area (Å²) in [5.74, 6) is 0.439. The molecule has 0 spiro atoms. The number of benzene rings is 1. The second-order valence-electron chi connectivity index (χ2n) is 8.86. The molecule has 156 valence electrons. The fourth-order valence-corrected chi connectivity index (χ4v) is 4.08. The van der Waals surface area contributed by atoms with Crippen molar-refractivity contribution in [2.24, 2.45) is 5.41 Å². The van der Waals surface area contributed by atoms with Crippen LogP contribution in [0.4, 0.5) is 0 Å². The van der Waals surface area contributed by atoms with Crippen LogP contribution in [0.5, 0.6) is 0 Å². The summed E-state index contributed by atoms with van der Waals surface area (Å²) in [5, 5.41) is 14.0. The Morgan fingerprint density at radius 3 is 2.66 bits per heavy atom. The van der Waals surface area contributed by atoms with E-state index in [0.29, 0.717) is 35.8 Å². The predicted molar refractivity (Wildman–Crippen MR) is 114 cm³/mol. The van der Waals surface area contributed by atoms with Crippen LogP contribution in [0, 0.1) is 10.6 Å². The summed E-state index contributed by atoms with van der Waals surface area (Å²) >= 11 is 6.15. The third kappa shape index (κ3) is 3.93. The number of rotatable bonds is 5. The monoisotopic (exact) mass is 417 g/mol. The Labute approximate surface area is 176 Å². The van der Waals surface area contributed by atoms with Gasteiger partial charge in [-0.2, -0.15) is 4.73 Å². The van der Waals surface area contributed by atoms with E-state index in [1.165, 1.54) is 0 Å². The van der Waals surface area contributed by atoms with E-state index in [0.717, 1.165) is 40.7 Å². The van der Waals surface area contributed by atoms with E-state index in [1.807, 2.05) is 26.0 Å². The van der Waals surface area contributed by atoms with E-state index in [1.54, 1.807) is 12.3 Å². The highest BCUT2D eigenvalue weighted by Gasteiger charge is 2.38. The van der Waals surface area contributed by atoms with Crippen LogP contribution in [0.3, 0.4) is 0 Å². The molecule has 0 amide bonds. The second kappa shape index (κ2) is 7.42. The minimum atomic E-state index is -0.556. The van der Waals surface area contributed by atoms with E-state index in [2.05, 4.69) is 18.4 Å². The number of hydrogen-bond acceptors (Lipinski definition) is 4. The van der Waals surface area contributed by atoms with Gasteiger partial charge in [0, 0.05) is 29.5 Å². The molecule has 7 heteroatoms. The van der Waals surface area contributed by atoms with Gasteiger partial charge in [-0.3, -0.25) is 0 Å². The van der Waals surface area contributed by atoms with Gasteiger partial charge in [0.25, 0.3) is 0 Å². The molecule has 4 rings (SSSR count). The molecule has 29 heavy (non-hydrogen) atoms. The van der Waals surface area contributed by atoms with Gasteiger partial charge in [-0.25, -0.2) is 4.98 Å². The standard InChI is InChI=1S/C22H28ClN3O3/c1-5-6-7-19-24-17-11-26(27)18-10-15(23)8-9-16(18)20(17)25(19)12-22(4)13-28-21(2,3)29-14-22/h8-11H,5-7,12-14H2,1-4H3. The third-order valence-corrected chi connectivity index (χ3v) is 5.83. The van der Waals surface area contributed by atoms with Crippen LogP contribution >= 0.6 is 11.6 Å². The third-order valence-electron chi connectivity index (χ3n) is 5.60. The van der Waals surface area contributed by atoms with Crippen LogP contribution in [0.2, 0.25) is 5.02 Å². The molecular formula is C22H28ClN3O3. The zero-order chi connectivity index (χ0) is 20.8. The van der Waals surface area contributed by atoms with Crippen molar-refractivity contribution in [2.75, 3.05) is 13.2 Å². The first kappa shape index (κ1) is 20.4. The lowest BCUT2D eigenvalue weighted by molar-refractivity contribution is -0.575. The maximum absolute atomic E-state index is 12.6. The molecule has 0 radical (unpaired) electrons. The van der Waals surface area contributed by atoms with Gasteiger partial charge in [0.15, 0.2) is 11.3 Å². The SMILES string of the molecule is CCCCc1nc2c[n+]([O-])c3cc(Cl)ccc3c2n1CC1(C)COC(C)(C)OC1. The summed E-state index contributed by atoms with van der Waals surface area (Å²) in [7, 11) is 0. The lowest BCUT2D eigenvalue weighted by Gasteiger charge is -2.41. The van der Waals surface area contributed by atoms with Gasteiger partial charge in [-0.05, 0) is 32.4 Å². The van der Waals surface area contributed by atoms with Crippen molar-refractivity contribution in [1.82, 2.24) is 9.55 Å². The molecule has 0 unspecified atom stereocenters. The first-order valence-corrected chi connectivity index (χ1v) is 10.6. The van der Waals surface area contributed by atoms with E-state index >= 15 is 0 Å². The van der Waals surface area contributed by atoms with Crippen LogP contribution in [-0.2, 0) is 22.4 Å². The van der Waals surface area contributed by atoms with E-state index in [-0.39, 0.29) is 5.41 Å². The molecule has 0 atom stereocenters. The largest absolute Gasteiger partial charge is 0.618 e. The normalized spacial score (nSPS) is 18.5. The number of imidazole rings is 1. The zero-order valence-corrected chi connectivity index (χ0v) is 18.3. The molecule has 0 N–H and O–H groups in total. The molecule has 3 aromatic rings. The lowest BCUT2D eigenvalue weighted by Crippen LogP contribution is -2.47. The van der Waals surface area contributed by atoms with Crippen molar-refractivity contribution in [3.8, 4) is 0 Å². The molecule has 3 heterocycles. The highest BCUT2D eigenvalue weighted by molar-refractivity contribution is 6.31. The first-order valence-electron chi connectivity index (χ1n) is 10.2.